The number of halogens is 2. The molecule has 2 N–H and O–H groups in total. The molecule has 84 valence electrons. The van der Waals surface area contributed by atoms with Crippen LogP contribution in [-0.2, 0) is 6.42 Å². The highest BCUT2D eigenvalue weighted by Crippen LogP contribution is 2.26. The predicted molar refractivity (Wildman–Crippen MR) is 65.3 cm³/mol. The quantitative estimate of drug-likeness (QED) is 0.917. The van der Waals surface area contributed by atoms with Crippen molar-refractivity contribution in [2.24, 2.45) is 5.73 Å². The zero-order chi connectivity index (χ0) is 11.5. The van der Waals surface area contributed by atoms with Crippen LogP contribution in [0.25, 0.3) is 11.3 Å². The predicted octanol–water partition coefficient (Wildman–Crippen LogP) is 3.10. The molecule has 0 atom stereocenters. The van der Waals surface area contributed by atoms with Gasteiger partial charge in [-0.3, -0.25) is 0 Å². The molecule has 0 aliphatic rings. The molecule has 1 heterocycles. The van der Waals surface area contributed by atoms with Gasteiger partial charge in [0.05, 0.1) is 10.7 Å². The van der Waals surface area contributed by atoms with Gasteiger partial charge in [-0.2, -0.15) is 4.37 Å². The molecule has 5 heteroatoms. The summed E-state index contributed by atoms with van der Waals surface area (Å²) in [6.45, 7) is 0.603. The number of hydrogen-bond acceptors (Lipinski definition) is 3. The fraction of sp³-hybridized carbons (Fsp3) is 0.182. The lowest BCUT2D eigenvalue weighted by Crippen LogP contribution is -2.00. The molecule has 0 fully saturated rings. The third-order valence-electron chi connectivity index (χ3n) is 2.17. The molecule has 0 aliphatic carbocycles. The fourth-order valence-corrected chi connectivity index (χ4v) is 2.29. The van der Waals surface area contributed by atoms with E-state index in [1.165, 1.54) is 17.6 Å². The van der Waals surface area contributed by atoms with Crippen LogP contribution >= 0.6 is 23.1 Å². The van der Waals surface area contributed by atoms with Crippen molar-refractivity contribution in [3.8, 4) is 11.3 Å². The summed E-state index contributed by atoms with van der Waals surface area (Å²) >= 11 is 7.12. The first-order valence-corrected chi connectivity index (χ1v) is 5.97. The van der Waals surface area contributed by atoms with Crippen LogP contribution in [0.1, 0.15) is 4.88 Å². The molecule has 0 bridgehead atoms. The van der Waals surface area contributed by atoms with E-state index in [-0.39, 0.29) is 5.02 Å². The summed E-state index contributed by atoms with van der Waals surface area (Å²) in [7, 11) is 0. The second kappa shape index (κ2) is 4.91. The van der Waals surface area contributed by atoms with E-state index < -0.39 is 5.82 Å². The van der Waals surface area contributed by atoms with E-state index in [0.29, 0.717) is 6.54 Å². The van der Waals surface area contributed by atoms with Crippen LogP contribution in [0.2, 0.25) is 5.02 Å². The van der Waals surface area contributed by atoms with E-state index >= 15 is 0 Å². The molecule has 2 rings (SSSR count). The Bertz CT molecular complexity index is 498. The van der Waals surface area contributed by atoms with E-state index in [0.717, 1.165) is 22.6 Å². The molecule has 16 heavy (non-hydrogen) atoms. The minimum absolute atomic E-state index is 0.117. The third-order valence-corrected chi connectivity index (χ3v) is 3.30. The van der Waals surface area contributed by atoms with Crippen molar-refractivity contribution in [3.63, 3.8) is 0 Å². The van der Waals surface area contributed by atoms with Crippen molar-refractivity contribution >= 4 is 23.1 Å². The second-order valence-electron chi connectivity index (χ2n) is 3.35. The largest absolute Gasteiger partial charge is 0.330 e. The number of hydrogen-bond donors (Lipinski definition) is 1. The van der Waals surface area contributed by atoms with Crippen LogP contribution < -0.4 is 5.73 Å². The van der Waals surface area contributed by atoms with Gasteiger partial charge in [-0.15, -0.1) is 0 Å². The molecule has 1 aromatic carbocycles. The average molecular weight is 257 g/mol. The molecule has 0 radical (unpaired) electrons. The van der Waals surface area contributed by atoms with E-state index in [2.05, 4.69) is 4.37 Å². The summed E-state index contributed by atoms with van der Waals surface area (Å²) in [5, 5.41) is 0.117. The van der Waals surface area contributed by atoms with Gasteiger partial charge in [0.15, 0.2) is 0 Å². The van der Waals surface area contributed by atoms with Gasteiger partial charge in [-0.1, -0.05) is 11.6 Å². The monoisotopic (exact) mass is 256 g/mol. The lowest BCUT2D eigenvalue weighted by atomic mass is 10.1. The maximum atomic E-state index is 13.0. The van der Waals surface area contributed by atoms with Crippen molar-refractivity contribution in [1.82, 2.24) is 4.37 Å². The summed E-state index contributed by atoms with van der Waals surface area (Å²) in [5.74, 6) is -0.414. The van der Waals surface area contributed by atoms with E-state index in [9.17, 15) is 4.39 Å². The molecule has 0 aliphatic heterocycles. The first-order valence-electron chi connectivity index (χ1n) is 4.82. The maximum Gasteiger partial charge on any atom is 0.141 e. The highest BCUT2D eigenvalue weighted by atomic mass is 35.5. The number of benzene rings is 1. The Morgan fingerprint density at radius 1 is 1.38 bits per heavy atom. The Balaban J connectivity index is 2.31. The van der Waals surface area contributed by atoms with Gasteiger partial charge >= 0.3 is 0 Å². The molecule has 2 nitrogen and oxygen atoms in total. The Morgan fingerprint density at radius 2 is 2.19 bits per heavy atom. The molecule has 1 aromatic heterocycles. The molecule has 0 spiro atoms. The number of aromatic nitrogens is 1. The van der Waals surface area contributed by atoms with Crippen molar-refractivity contribution < 1.29 is 4.39 Å². The number of nitrogens with two attached hydrogens (primary N) is 1. The van der Waals surface area contributed by atoms with Gasteiger partial charge in [0.1, 0.15) is 5.82 Å². The van der Waals surface area contributed by atoms with Crippen LogP contribution in [-0.4, -0.2) is 10.9 Å². The van der Waals surface area contributed by atoms with Crippen molar-refractivity contribution in [3.05, 3.63) is 40.0 Å². The molecule has 0 amide bonds. The normalized spacial score (nSPS) is 10.7. The van der Waals surface area contributed by atoms with Gasteiger partial charge < -0.3 is 5.73 Å². The summed E-state index contributed by atoms with van der Waals surface area (Å²) < 4.78 is 17.3. The first-order chi connectivity index (χ1) is 7.70. The summed E-state index contributed by atoms with van der Waals surface area (Å²) in [6.07, 6.45) is 0.812. The zero-order valence-corrected chi connectivity index (χ0v) is 9.98. The molecule has 0 saturated heterocycles. The zero-order valence-electron chi connectivity index (χ0n) is 8.41. The van der Waals surface area contributed by atoms with Crippen molar-refractivity contribution in [2.75, 3.05) is 6.54 Å². The Hall–Kier alpha value is -0.970. The first kappa shape index (κ1) is 11.5. The van der Waals surface area contributed by atoms with Gasteiger partial charge in [-0.25, -0.2) is 4.39 Å². The Morgan fingerprint density at radius 3 is 2.88 bits per heavy atom. The third kappa shape index (κ3) is 2.40. The molecule has 0 unspecified atom stereocenters. The van der Waals surface area contributed by atoms with E-state index in [1.807, 2.05) is 6.07 Å². The lowest BCUT2D eigenvalue weighted by molar-refractivity contribution is 0.628. The topological polar surface area (TPSA) is 38.9 Å². The van der Waals surface area contributed by atoms with Gasteiger partial charge in [0.2, 0.25) is 0 Å². The summed E-state index contributed by atoms with van der Waals surface area (Å²) in [4.78, 5) is 1.12. The van der Waals surface area contributed by atoms with E-state index in [4.69, 9.17) is 17.3 Å². The van der Waals surface area contributed by atoms with Crippen LogP contribution in [0.5, 0.6) is 0 Å². The standard InChI is InChI=1S/C11H10ClFN2S/c12-9-5-7(1-2-10(9)13)11-6-8(3-4-14)16-15-11/h1-2,5-6H,3-4,14H2. The van der Waals surface area contributed by atoms with Crippen LogP contribution in [0, 0.1) is 5.82 Å². The molecular weight excluding hydrogens is 247 g/mol. The summed E-state index contributed by atoms with van der Waals surface area (Å²) in [5.41, 5.74) is 7.10. The van der Waals surface area contributed by atoms with Crippen LogP contribution in [0.4, 0.5) is 4.39 Å². The molecule has 2 aromatic rings. The Labute approximate surface area is 102 Å². The number of nitrogens with zero attached hydrogens (tertiary/aromatic N) is 1. The second-order valence-corrected chi connectivity index (χ2v) is 4.64. The smallest absolute Gasteiger partial charge is 0.141 e. The lowest BCUT2D eigenvalue weighted by Gasteiger charge is -1.98. The minimum Gasteiger partial charge on any atom is -0.330 e. The van der Waals surface area contributed by atoms with Crippen LogP contribution in [0.3, 0.4) is 0 Å². The van der Waals surface area contributed by atoms with Crippen molar-refractivity contribution in [2.45, 2.75) is 6.42 Å². The summed E-state index contributed by atoms with van der Waals surface area (Å²) in [6, 6.07) is 6.56. The van der Waals surface area contributed by atoms with E-state index in [1.54, 1.807) is 12.1 Å². The average Bonchev–Trinajstić information content (AvgIpc) is 2.71. The Kier molecular flexibility index (Phi) is 3.53. The SMILES string of the molecule is NCCc1cc(-c2ccc(F)c(Cl)c2)ns1. The van der Waals surface area contributed by atoms with Gasteiger partial charge in [-0.05, 0) is 48.8 Å². The highest BCUT2D eigenvalue weighted by Gasteiger charge is 2.06. The minimum atomic E-state index is -0.414. The van der Waals surface area contributed by atoms with Gasteiger partial charge in [0, 0.05) is 10.4 Å². The maximum absolute atomic E-state index is 13.0. The molecule has 0 saturated carbocycles. The van der Waals surface area contributed by atoms with Crippen LogP contribution in [0.15, 0.2) is 24.3 Å². The van der Waals surface area contributed by atoms with Gasteiger partial charge in [0.25, 0.3) is 0 Å². The fourth-order valence-electron chi connectivity index (χ4n) is 1.36. The highest BCUT2D eigenvalue weighted by molar-refractivity contribution is 7.06. The molecular formula is C11H10ClFN2S. The van der Waals surface area contributed by atoms with Crippen molar-refractivity contribution in [1.29, 1.82) is 0 Å². The number of rotatable bonds is 3.